The standard InChI is InChI=1S/C23H21N5O2S2/c1-2-15-7-9-16(10-8-15)22-24-23(26-25-22)32-14-21(29)28-18(19-5-3-11-30-19)13-17(27-28)20-6-4-12-31-20/h3-12,18H,2,13-14H2,1H3,(H,24,25,26)/t18-/m1/s1. The minimum absolute atomic E-state index is 0.110. The fourth-order valence-corrected chi connectivity index (χ4v) is 4.94. The van der Waals surface area contributed by atoms with Crippen LogP contribution in [0.3, 0.4) is 0 Å². The highest BCUT2D eigenvalue weighted by Crippen LogP contribution is 2.34. The lowest BCUT2D eigenvalue weighted by molar-refractivity contribution is -0.130. The maximum absolute atomic E-state index is 13.1. The Hall–Kier alpha value is -3.17. The summed E-state index contributed by atoms with van der Waals surface area (Å²) < 4.78 is 5.59. The number of furan rings is 1. The molecule has 0 saturated heterocycles. The van der Waals surface area contributed by atoms with E-state index in [1.807, 2.05) is 41.8 Å². The number of carbonyl (C=O) groups is 1. The first kappa shape index (κ1) is 20.7. The van der Waals surface area contributed by atoms with Gasteiger partial charge < -0.3 is 4.42 Å². The van der Waals surface area contributed by atoms with Crippen molar-refractivity contribution in [2.75, 3.05) is 5.75 Å². The van der Waals surface area contributed by atoms with Gasteiger partial charge in [0.15, 0.2) is 5.82 Å². The molecular formula is C23H21N5O2S2. The number of rotatable bonds is 7. The molecule has 0 fully saturated rings. The molecule has 5 rings (SSSR count). The van der Waals surface area contributed by atoms with E-state index in [1.165, 1.54) is 22.3 Å². The van der Waals surface area contributed by atoms with Crippen molar-refractivity contribution in [2.45, 2.75) is 31.0 Å². The predicted molar refractivity (Wildman–Crippen MR) is 126 cm³/mol. The second-order valence-corrected chi connectivity index (χ2v) is 9.19. The summed E-state index contributed by atoms with van der Waals surface area (Å²) in [5, 5.41) is 15.9. The van der Waals surface area contributed by atoms with Gasteiger partial charge in [0, 0.05) is 12.0 Å². The van der Waals surface area contributed by atoms with Crippen molar-refractivity contribution in [1.82, 2.24) is 20.2 Å². The molecule has 1 N–H and O–H groups in total. The zero-order valence-corrected chi connectivity index (χ0v) is 19.0. The molecule has 162 valence electrons. The van der Waals surface area contributed by atoms with Crippen LogP contribution in [0, 0.1) is 0 Å². The third-order valence-corrected chi connectivity index (χ3v) is 7.02. The van der Waals surface area contributed by atoms with Crippen LogP contribution >= 0.6 is 23.1 Å². The van der Waals surface area contributed by atoms with Crippen molar-refractivity contribution in [2.24, 2.45) is 5.10 Å². The summed E-state index contributed by atoms with van der Waals surface area (Å²) in [4.78, 5) is 18.7. The minimum atomic E-state index is -0.241. The van der Waals surface area contributed by atoms with Gasteiger partial charge in [-0.1, -0.05) is 49.0 Å². The van der Waals surface area contributed by atoms with Gasteiger partial charge in [0.2, 0.25) is 5.16 Å². The van der Waals surface area contributed by atoms with E-state index < -0.39 is 0 Å². The summed E-state index contributed by atoms with van der Waals surface area (Å²) in [6.45, 7) is 2.12. The molecule has 0 spiro atoms. The number of thioether (sulfide) groups is 1. The second-order valence-electron chi connectivity index (χ2n) is 7.30. The van der Waals surface area contributed by atoms with Crippen molar-refractivity contribution < 1.29 is 9.21 Å². The number of hydrogen-bond acceptors (Lipinski definition) is 7. The highest BCUT2D eigenvalue weighted by Gasteiger charge is 2.35. The number of hydrogen-bond donors (Lipinski definition) is 1. The molecule has 1 amide bonds. The van der Waals surface area contributed by atoms with E-state index in [0.717, 1.165) is 28.3 Å². The molecule has 4 aromatic rings. The number of amides is 1. The zero-order valence-electron chi connectivity index (χ0n) is 17.4. The Labute approximate surface area is 193 Å². The molecule has 32 heavy (non-hydrogen) atoms. The number of nitrogens with one attached hydrogen (secondary N) is 1. The number of aryl methyl sites for hydroxylation is 1. The molecule has 1 aliphatic heterocycles. The molecule has 0 radical (unpaired) electrons. The van der Waals surface area contributed by atoms with Crippen LogP contribution in [0.4, 0.5) is 0 Å². The predicted octanol–water partition coefficient (Wildman–Crippen LogP) is 5.16. The summed E-state index contributed by atoms with van der Waals surface area (Å²) in [7, 11) is 0. The monoisotopic (exact) mass is 463 g/mol. The molecule has 9 heteroatoms. The number of aromatic nitrogens is 3. The molecule has 1 aromatic carbocycles. The van der Waals surface area contributed by atoms with Crippen molar-refractivity contribution in [3.8, 4) is 11.4 Å². The van der Waals surface area contributed by atoms with E-state index in [9.17, 15) is 4.79 Å². The number of benzene rings is 1. The minimum Gasteiger partial charge on any atom is -0.467 e. The topological polar surface area (TPSA) is 87.4 Å². The largest absolute Gasteiger partial charge is 0.467 e. The first-order valence-corrected chi connectivity index (χ1v) is 12.2. The fraction of sp³-hybridized carbons (Fsp3) is 0.217. The van der Waals surface area contributed by atoms with E-state index in [1.54, 1.807) is 17.6 Å². The molecule has 0 unspecified atom stereocenters. The van der Waals surface area contributed by atoms with E-state index >= 15 is 0 Å². The van der Waals surface area contributed by atoms with E-state index in [4.69, 9.17) is 4.42 Å². The van der Waals surface area contributed by atoms with Gasteiger partial charge in [-0.2, -0.15) is 5.10 Å². The first-order chi connectivity index (χ1) is 15.7. The summed E-state index contributed by atoms with van der Waals surface area (Å²) >= 11 is 2.91. The molecule has 0 bridgehead atoms. The maximum Gasteiger partial charge on any atom is 0.253 e. The van der Waals surface area contributed by atoms with Crippen LogP contribution in [0.1, 0.15) is 35.6 Å². The number of aromatic amines is 1. The lowest BCUT2D eigenvalue weighted by atomic mass is 10.1. The fourth-order valence-electron chi connectivity index (χ4n) is 3.57. The number of thiophene rings is 1. The first-order valence-electron chi connectivity index (χ1n) is 10.3. The van der Waals surface area contributed by atoms with Crippen molar-refractivity contribution in [3.05, 3.63) is 76.4 Å². The SMILES string of the molecule is CCc1ccc(-c2nc(SCC(=O)N3N=C(c4cccs4)C[C@@H]3c3ccco3)n[nH]2)cc1. The van der Waals surface area contributed by atoms with Gasteiger partial charge in [-0.25, -0.2) is 9.99 Å². The smallest absolute Gasteiger partial charge is 0.253 e. The van der Waals surface area contributed by atoms with Gasteiger partial charge in [-0.3, -0.25) is 9.89 Å². The van der Waals surface area contributed by atoms with Gasteiger partial charge in [0.05, 0.1) is 22.6 Å². The highest BCUT2D eigenvalue weighted by atomic mass is 32.2. The van der Waals surface area contributed by atoms with Gasteiger partial charge in [-0.15, -0.1) is 16.4 Å². The number of carbonyl (C=O) groups excluding carboxylic acids is 1. The Kier molecular flexibility index (Phi) is 5.91. The van der Waals surface area contributed by atoms with Crippen LogP contribution in [-0.4, -0.2) is 37.6 Å². The Morgan fingerprint density at radius 2 is 2.12 bits per heavy atom. The molecule has 7 nitrogen and oxygen atoms in total. The lowest BCUT2D eigenvalue weighted by Crippen LogP contribution is -2.28. The van der Waals surface area contributed by atoms with E-state index in [2.05, 4.69) is 39.3 Å². The molecule has 3 aromatic heterocycles. The van der Waals surface area contributed by atoms with E-state index in [-0.39, 0.29) is 17.7 Å². The third kappa shape index (κ3) is 4.26. The highest BCUT2D eigenvalue weighted by molar-refractivity contribution is 7.99. The van der Waals surface area contributed by atoms with Crippen molar-refractivity contribution >= 4 is 34.7 Å². The second kappa shape index (κ2) is 9.13. The molecule has 1 aliphatic rings. The normalized spacial score (nSPS) is 15.8. The summed E-state index contributed by atoms with van der Waals surface area (Å²) in [5.74, 6) is 1.50. The zero-order chi connectivity index (χ0) is 21.9. The van der Waals surface area contributed by atoms with Gasteiger partial charge in [0.1, 0.15) is 11.8 Å². The van der Waals surface area contributed by atoms with Crippen LogP contribution in [-0.2, 0) is 11.2 Å². The van der Waals surface area contributed by atoms with Crippen LogP contribution in [0.2, 0.25) is 0 Å². The number of nitrogens with zero attached hydrogens (tertiary/aromatic N) is 4. The van der Waals surface area contributed by atoms with Crippen LogP contribution < -0.4 is 0 Å². The third-order valence-electron chi connectivity index (χ3n) is 5.27. The van der Waals surface area contributed by atoms with Gasteiger partial charge >= 0.3 is 0 Å². The lowest BCUT2D eigenvalue weighted by Gasteiger charge is -2.19. The van der Waals surface area contributed by atoms with Gasteiger partial charge in [-0.05, 0) is 35.6 Å². The number of H-pyrrole nitrogens is 1. The van der Waals surface area contributed by atoms with Crippen molar-refractivity contribution in [3.63, 3.8) is 0 Å². The molecule has 0 saturated carbocycles. The number of hydrazone groups is 1. The Morgan fingerprint density at radius 1 is 1.25 bits per heavy atom. The van der Waals surface area contributed by atoms with Crippen LogP contribution in [0.25, 0.3) is 11.4 Å². The Bertz CT molecular complexity index is 1210. The summed E-state index contributed by atoms with van der Waals surface area (Å²) in [6, 6.07) is 15.7. The van der Waals surface area contributed by atoms with E-state index in [0.29, 0.717) is 17.4 Å². The Morgan fingerprint density at radius 3 is 2.84 bits per heavy atom. The van der Waals surface area contributed by atoms with Crippen LogP contribution in [0.5, 0.6) is 0 Å². The molecule has 4 heterocycles. The molecule has 1 atom stereocenters. The molecule has 0 aliphatic carbocycles. The summed E-state index contributed by atoms with van der Waals surface area (Å²) in [5.41, 5.74) is 3.14. The van der Waals surface area contributed by atoms with Gasteiger partial charge in [0.25, 0.3) is 5.91 Å². The average molecular weight is 464 g/mol. The van der Waals surface area contributed by atoms with Crippen molar-refractivity contribution in [1.29, 1.82) is 0 Å². The summed E-state index contributed by atoms with van der Waals surface area (Å²) in [6.07, 6.45) is 3.24. The quantitative estimate of drug-likeness (QED) is 0.383. The van der Waals surface area contributed by atoms with Crippen LogP contribution in [0.15, 0.2) is 74.8 Å². The molecular weight excluding hydrogens is 442 g/mol. The Balaban J connectivity index is 1.28. The average Bonchev–Trinajstić information content (AvgIpc) is 3.63. The maximum atomic E-state index is 13.1.